The second-order valence-corrected chi connectivity index (χ2v) is 5.44. The molecule has 1 unspecified atom stereocenters. The number of rotatable bonds is 5. The van der Waals surface area contributed by atoms with Crippen molar-refractivity contribution in [2.24, 2.45) is 0 Å². The molecule has 8 nitrogen and oxygen atoms in total. The Kier molecular flexibility index (Phi) is 4.33. The zero-order valence-electron chi connectivity index (χ0n) is 8.49. The monoisotopic (exact) mass is 279 g/mol. The summed E-state index contributed by atoms with van der Waals surface area (Å²) in [5, 5.41) is 10.5. The van der Waals surface area contributed by atoms with Gasteiger partial charge in [0, 0.05) is 0 Å². The van der Waals surface area contributed by atoms with E-state index in [1.165, 1.54) is 0 Å². The first-order valence-electron chi connectivity index (χ1n) is 4.39. The number of β-lactam (4-membered cyclic amide) rings is 1. The van der Waals surface area contributed by atoms with Crippen molar-refractivity contribution < 1.29 is 22.6 Å². The van der Waals surface area contributed by atoms with Crippen molar-refractivity contribution in [1.82, 2.24) is 9.62 Å². The Morgan fingerprint density at radius 2 is 2.35 bits per heavy atom. The molecule has 2 amide bonds. The van der Waals surface area contributed by atoms with Crippen molar-refractivity contribution in [3.8, 4) is 6.07 Å². The normalized spacial score (nSPS) is 19.4. The molecule has 2 N–H and O–H groups in total. The van der Waals surface area contributed by atoms with Gasteiger partial charge in [0.25, 0.3) is 5.91 Å². The van der Waals surface area contributed by atoms with Crippen LogP contribution in [0.1, 0.15) is 0 Å². The maximum Gasteiger partial charge on any atom is 0.362 e. The third-order valence-corrected chi connectivity index (χ3v) is 3.59. The fourth-order valence-electron chi connectivity index (χ4n) is 1.14. The van der Waals surface area contributed by atoms with Gasteiger partial charge >= 0.3 is 10.3 Å². The van der Waals surface area contributed by atoms with Gasteiger partial charge in [-0.2, -0.15) is 13.7 Å². The zero-order valence-corrected chi connectivity index (χ0v) is 10.1. The van der Waals surface area contributed by atoms with Crippen LogP contribution in [0.3, 0.4) is 0 Å². The topological polar surface area (TPSA) is 128 Å². The van der Waals surface area contributed by atoms with Gasteiger partial charge in [-0.25, -0.2) is 4.31 Å². The number of nitrogens with one attached hydrogen (secondary N) is 1. The van der Waals surface area contributed by atoms with Crippen molar-refractivity contribution in [1.29, 1.82) is 5.26 Å². The second kappa shape index (κ2) is 5.35. The number of amides is 2. The van der Waals surface area contributed by atoms with Crippen molar-refractivity contribution in [3.63, 3.8) is 0 Å². The molecular weight excluding hydrogens is 270 g/mol. The van der Waals surface area contributed by atoms with E-state index in [4.69, 9.17) is 9.81 Å². The second-order valence-electron chi connectivity index (χ2n) is 3.12. The molecule has 0 spiro atoms. The Morgan fingerprint density at radius 3 is 2.82 bits per heavy atom. The van der Waals surface area contributed by atoms with Crippen LogP contribution in [-0.4, -0.2) is 53.2 Å². The fraction of sp³-hybridized carbons (Fsp3) is 0.571. The number of hydrogen-bond donors (Lipinski definition) is 2. The lowest BCUT2D eigenvalue weighted by atomic mass is 10.1. The van der Waals surface area contributed by atoms with Gasteiger partial charge in [0.2, 0.25) is 5.91 Å². The highest BCUT2D eigenvalue weighted by atomic mass is 32.2. The average molecular weight is 279 g/mol. The molecule has 0 aromatic rings. The maximum absolute atomic E-state index is 11.2. The lowest BCUT2D eigenvalue weighted by Crippen LogP contribution is -2.65. The third-order valence-electron chi connectivity index (χ3n) is 1.91. The van der Waals surface area contributed by atoms with Crippen LogP contribution in [-0.2, 0) is 19.9 Å². The number of nitriles is 1. The van der Waals surface area contributed by atoms with Crippen LogP contribution in [0.25, 0.3) is 0 Å². The first kappa shape index (κ1) is 13.8. The Labute approximate surface area is 102 Å². The predicted octanol–water partition coefficient (Wildman–Crippen LogP) is -1.63. The Hall–Kier alpha value is -1.31. The van der Waals surface area contributed by atoms with Gasteiger partial charge < -0.3 is 5.32 Å². The molecule has 17 heavy (non-hydrogen) atoms. The molecule has 0 aliphatic carbocycles. The molecule has 1 aliphatic heterocycles. The first-order chi connectivity index (χ1) is 7.86. The van der Waals surface area contributed by atoms with E-state index < -0.39 is 28.2 Å². The molecule has 1 rings (SSSR count). The largest absolute Gasteiger partial charge is 0.362 e. The molecule has 10 heteroatoms. The lowest BCUT2D eigenvalue weighted by molar-refractivity contribution is -0.140. The molecule has 0 saturated carbocycles. The standard InChI is InChI=1S/C7H9N3O5S2/c8-1-2-16-4-6(11)9-5-3-10(7(5)12)17(13,14)15/h5H,2-4H2,(H,9,11)(H,13,14,15). The molecule has 1 heterocycles. The number of hydrogen-bond acceptors (Lipinski definition) is 6. The highest BCUT2D eigenvalue weighted by Crippen LogP contribution is 2.14. The summed E-state index contributed by atoms with van der Waals surface area (Å²) in [6.07, 6.45) is 0. The molecule has 1 fully saturated rings. The summed E-state index contributed by atoms with van der Waals surface area (Å²) in [5.41, 5.74) is 0. The predicted molar refractivity (Wildman–Crippen MR) is 58.1 cm³/mol. The van der Waals surface area contributed by atoms with Gasteiger partial charge in [-0.15, -0.1) is 11.8 Å². The minimum absolute atomic E-state index is 0.0171. The van der Waals surface area contributed by atoms with Gasteiger partial charge in [-0.3, -0.25) is 14.1 Å². The van der Waals surface area contributed by atoms with E-state index in [0.29, 0.717) is 0 Å². The summed E-state index contributed by atoms with van der Waals surface area (Å²) in [4.78, 5) is 22.4. The van der Waals surface area contributed by atoms with Gasteiger partial charge in [0.15, 0.2) is 0 Å². The Bertz CT molecular complexity index is 468. The molecule has 1 atom stereocenters. The highest BCUT2D eigenvalue weighted by Gasteiger charge is 2.44. The number of carbonyl (C=O) groups is 2. The molecule has 94 valence electrons. The number of nitrogens with zero attached hydrogens (tertiary/aromatic N) is 2. The third kappa shape index (κ3) is 3.58. The van der Waals surface area contributed by atoms with Crippen LogP contribution in [0.2, 0.25) is 0 Å². The quantitative estimate of drug-likeness (QED) is 0.351. The van der Waals surface area contributed by atoms with Crippen molar-refractivity contribution in [2.75, 3.05) is 18.1 Å². The van der Waals surface area contributed by atoms with E-state index in [0.717, 1.165) is 11.8 Å². The van der Waals surface area contributed by atoms with Gasteiger partial charge in [0.05, 0.1) is 24.1 Å². The fourth-order valence-corrected chi connectivity index (χ4v) is 2.29. The summed E-state index contributed by atoms with van der Waals surface area (Å²) in [6, 6.07) is 0.912. The Morgan fingerprint density at radius 1 is 1.71 bits per heavy atom. The minimum atomic E-state index is -4.52. The van der Waals surface area contributed by atoms with Gasteiger partial charge in [-0.05, 0) is 0 Å². The zero-order chi connectivity index (χ0) is 13.1. The average Bonchev–Trinajstić information content (AvgIpc) is 2.21. The summed E-state index contributed by atoms with van der Waals surface area (Å²) < 4.78 is 30.0. The summed E-state index contributed by atoms with van der Waals surface area (Å²) >= 11 is 1.08. The molecule has 0 aromatic carbocycles. The summed E-state index contributed by atoms with van der Waals surface area (Å²) in [7, 11) is -4.52. The van der Waals surface area contributed by atoms with E-state index in [9.17, 15) is 18.0 Å². The maximum atomic E-state index is 11.2. The molecule has 1 aliphatic rings. The summed E-state index contributed by atoms with van der Waals surface area (Å²) in [5.74, 6) is -1.16. The van der Waals surface area contributed by atoms with Crippen LogP contribution >= 0.6 is 11.8 Å². The number of thioether (sulfide) groups is 1. The van der Waals surface area contributed by atoms with Crippen molar-refractivity contribution >= 4 is 33.9 Å². The van der Waals surface area contributed by atoms with Crippen LogP contribution in [0.4, 0.5) is 0 Å². The highest BCUT2D eigenvalue weighted by molar-refractivity contribution is 8.00. The van der Waals surface area contributed by atoms with Gasteiger partial charge in [0.1, 0.15) is 6.04 Å². The van der Waals surface area contributed by atoms with Crippen LogP contribution in [0.5, 0.6) is 0 Å². The molecule has 1 saturated heterocycles. The van der Waals surface area contributed by atoms with Crippen molar-refractivity contribution in [2.45, 2.75) is 6.04 Å². The van der Waals surface area contributed by atoms with Crippen LogP contribution in [0.15, 0.2) is 0 Å². The van der Waals surface area contributed by atoms with Crippen LogP contribution in [0, 0.1) is 11.3 Å². The molecule has 0 aromatic heterocycles. The molecule has 0 radical (unpaired) electrons. The first-order valence-corrected chi connectivity index (χ1v) is 6.94. The summed E-state index contributed by atoms with van der Waals surface area (Å²) in [6.45, 7) is -0.272. The van der Waals surface area contributed by atoms with E-state index in [1.807, 2.05) is 6.07 Å². The van der Waals surface area contributed by atoms with E-state index in [2.05, 4.69) is 5.32 Å². The van der Waals surface area contributed by atoms with Crippen molar-refractivity contribution in [3.05, 3.63) is 0 Å². The van der Waals surface area contributed by atoms with E-state index in [1.54, 1.807) is 0 Å². The number of carbonyl (C=O) groups excluding carboxylic acids is 2. The van der Waals surface area contributed by atoms with Crippen LogP contribution < -0.4 is 5.32 Å². The minimum Gasteiger partial charge on any atom is -0.342 e. The van der Waals surface area contributed by atoms with E-state index in [-0.39, 0.29) is 22.4 Å². The van der Waals surface area contributed by atoms with Gasteiger partial charge in [-0.1, -0.05) is 0 Å². The molecule has 0 bridgehead atoms. The smallest absolute Gasteiger partial charge is 0.342 e. The molecular formula is C7H9N3O5S2. The SMILES string of the molecule is N#CCSCC(=O)NC1CN(S(=O)(=O)O)C1=O. The van der Waals surface area contributed by atoms with E-state index >= 15 is 0 Å². The Balaban J connectivity index is 2.35. The lowest BCUT2D eigenvalue weighted by Gasteiger charge is -2.35.